The van der Waals surface area contributed by atoms with Crippen molar-refractivity contribution in [1.82, 2.24) is 14.5 Å². The van der Waals surface area contributed by atoms with E-state index in [2.05, 4.69) is 9.97 Å². The van der Waals surface area contributed by atoms with Gasteiger partial charge in [0.05, 0.1) is 36.9 Å². The Kier molecular flexibility index (Phi) is 6.01. The highest BCUT2D eigenvalue weighted by Gasteiger charge is 2.14. The van der Waals surface area contributed by atoms with E-state index in [-0.39, 0.29) is 36.1 Å². The molecule has 0 amide bonds. The van der Waals surface area contributed by atoms with E-state index in [1.807, 2.05) is 0 Å². The number of nitrogens with zero attached hydrogens (tertiary/aromatic N) is 3. The zero-order valence-corrected chi connectivity index (χ0v) is 15.6. The molecule has 28 heavy (non-hydrogen) atoms. The molecule has 3 rings (SSSR count). The van der Waals surface area contributed by atoms with Gasteiger partial charge in [-0.05, 0) is 19.1 Å². The highest BCUT2D eigenvalue weighted by molar-refractivity contribution is 6.31. The molecule has 0 unspecified atom stereocenters. The monoisotopic (exact) mass is 407 g/mol. The van der Waals surface area contributed by atoms with Gasteiger partial charge in [0, 0.05) is 23.4 Å². The first-order valence-corrected chi connectivity index (χ1v) is 8.64. The number of ether oxygens (including phenoxy) is 1. The number of hydrogen-bond donors (Lipinski definition) is 1. The lowest BCUT2D eigenvalue weighted by Gasteiger charge is -2.14. The molecule has 2 aromatic heterocycles. The van der Waals surface area contributed by atoms with Crippen LogP contribution < -0.4 is 10.3 Å². The average Bonchev–Trinajstić information content (AvgIpc) is 2.68. The van der Waals surface area contributed by atoms with Gasteiger partial charge in [-0.15, -0.1) is 0 Å². The van der Waals surface area contributed by atoms with Crippen LogP contribution in [0.25, 0.3) is 0 Å². The third-order valence-corrected chi connectivity index (χ3v) is 4.40. The van der Waals surface area contributed by atoms with Gasteiger partial charge in [-0.25, -0.2) is 8.78 Å². The zero-order valence-electron chi connectivity index (χ0n) is 14.8. The number of pyridine rings is 1. The van der Waals surface area contributed by atoms with Crippen molar-refractivity contribution in [3.8, 4) is 5.75 Å². The van der Waals surface area contributed by atoms with Crippen LogP contribution in [0.5, 0.6) is 5.75 Å². The van der Waals surface area contributed by atoms with Crippen molar-refractivity contribution in [3.05, 3.63) is 86.3 Å². The van der Waals surface area contributed by atoms with Gasteiger partial charge in [-0.1, -0.05) is 11.6 Å². The Balaban J connectivity index is 1.82. The van der Waals surface area contributed by atoms with Gasteiger partial charge in [-0.3, -0.25) is 14.8 Å². The van der Waals surface area contributed by atoms with Gasteiger partial charge < -0.3 is 14.4 Å². The molecule has 0 spiro atoms. The molecule has 0 atom stereocenters. The summed E-state index contributed by atoms with van der Waals surface area (Å²) in [6, 6.07) is 4.70. The fourth-order valence-corrected chi connectivity index (χ4v) is 2.73. The SMILES string of the molecule is Cc1cc(OCc2ccc(F)cc2F)c(Cl)c(=O)n1Cc1cnc(CO)cn1. The molecule has 0 aliphatic rings. The first kappa shape index (κ1) is 19.9. The van der Waals surface area contributed by atoms with E-state index < -0.39 is 17.2 Å². The number of rotatable bonds is 6. The minimum atomic E-state index is -0.744. The molecule has 0 fully saturated rings. The van der Waals surface area contributed by atoms with Crippen molar-refractivity contribution < 1.29 is 18.6 Å². The van der Waals surface area contributed by atoms with Crippen molar-refractivity contribution in [3.63, 3.8) is 0 Å². The second-order valence-electron chi connectivity index (χ2n) is 6.04. The van der Waals surface area contributed by atoms with E-state index in [0.29, 0.717) is 17.1 Å². The summed E-state index contributed by atoms with van der Waals surface area (Å²) in [7, 11) is 0. The minimum Gasteiger partial charge on any atom is -0.487 e. The lowest BCUT2D eigenvalue weighted by atomic mass is 10.2. The second kappa shape index (κ2) is 8.45. The molecule has 6 nitrogen and oxygen atoms in total. The predicted octanol–water partition coefficient (Wildman–Crippen LogP) is 3.00. The number of aliphatic hydroxyl groups excluding tert-OH is 1. The lowest BCUT2D eigenvalue weighted by molar-refractivity contribution is 0.276. The smallest absolute Gasteiger partial charge is 0.273 e. The zero-order chi connectivity index (χ0) is 20.3. The Bertz CT molecular complexity index is 1060. The van der Waals surface area contributed by atoms with Gasteiger partial charge in [0.2, 0.25) is 0 Å². The quantitative estimate of drug-likeness (QED) is 0.679. The van der Waals surface area contributed by atoms with Crippen molar-refractivity contribution in [2.75, 3.05) is 0 Å². The maximum atomic E-state index is 13.7. The van der Waals surface area contributed by atoms with Gasteiger partial charge >= 0.3 is 0 Å². The topological polar surface area (TPSA) is 77.2 Å². The summed E-state index contributed by atoms with van der Waals surface area (Å²) in [5.74, 6) is -1.33. The largest absolute Gasteiger partial charge is 0.487 e. The Morgan fingerprint density at radius 1 is 1.18 bits per heavy atom. The Morgan fingerprint density at radius 3 is 2.54 bits per heavy atom. The maximum absolute atomic E-state index is 13.7. The summed E-state index contributed by atoms with van der Waals surface area (Å²) in [5, 5.41) is 8.85. The third-order valence-electron chi connectivity index (χ3n) is 4.05. The Labute approximate surface area is 164 Å². The molecule has 1 N–H and O–H groups in total. The van der Waals surface area contributed by atoms with Gasteiger partial charge in [0.15, 0.2) is 0 Å². The summed E-state index contributed by atoms with van der Waals surface area (Å²) in [6.07, 6.45) is 2.89. The fourth-order valence-electron chi connectivity index (χ4n) is 2.52. The van der Waals surface area contributed by atoms with Crippen molar-refractivity contribution >= 4 is 11.6 Å². The summed E-state index contributed by atoms with van der Waals surface area (Å²) >= 11 is 6.13. The highest BCUT2D eigenvalue weighted by Crippen LogP contribution is 2.24. The number of aromatic nitrogens is 3. The third kappa shape index (κ3) is 4.35. The number of benzene rings is 1. The Morgan fingerprint density at radius 2 is 1.89 bits per heavy atom. The molecule has 3 aromatic rings. The van der Waals surface area contributed by atoms with Gasteiger partial charge in [0.25, 0.3) is 5.56 Å². The van der Waals surface area contributed by atoms with E-state index >= 15 is 0 Å². The molecule has 0 saturated heterocycles. The minimum absolute atomic E-state index is 0.103. The molecule has 0 bridgehead atoms. The van der Waals surface area contributed by atoms with Crippen LogP contribution in [-0.4, -0.2) is 19.6 Å². The molecule has 1 aromatic carbocycles. The molecular weight excluding hydrogens is 392 g/mol. The molecule has 146 valence electrons. The van der Waals surface area contributed by atoms with Crippen LogP contribution in [0, 0.1) is 18.6 Å². The summed E-state index contributed by atoms with van der Waals surface area (Å²) < 4.78 is 33.6. The summed E-state index contributed by atoms with van der Waals surface area (Å²) in [4.78, 5) is 20.8. The highest BCUT2D eigenvalue weighted by atomic mass is 35.5. The molecule has 0 radical (unpaired) electrons. The summed E-state index contributed by atoms with van der Waals surface area (Å²) in [6.45, 7) is 1.40. The van der Waals surface area contributed by atoms with Gasteiger partial charge in [0.1, 0.15) is 29.0 Å². The van der Waals surface area contributed by atoms with Crippen LogP contribution in [0.15, 0.2) is 41.5 Å². The van der Waals surface area contributed by atoms with Crippen LogP contribution in [-0.2, 0) is 19.8 Å². The molecule has 2 heterocycles. The number of hydrogen-bond acceptors (Lipinski definition) is 5. The van der Waals surface area contributed by atoms with E-state index in [0.717, 1.165) is 12.1 Å². The molecule has 0 aliphatic carbocycles. The normalized spacial score (nSPS) is 10.9. The van der Waals surface area contributed by atoms with Crippen LogP contribution in [0.2, 0.25) is 5.02 Å². The van der Waals surface area contributed by atoms with Crippen LogP contribution in [0.4, 0.5) is 8.78 Å². The van der Waals surface area contributed by atoms with Crippen LogP contribution in [0.3, 0.4) is 0 Å². The van der Waals surface area contributed by atoms with E-state index in [1.54, 1.807) is 13.0 Å². The molecule has 0 aliphatic heterocycles. The first-order valence-electron chi connectivity index (χ1n) is 8.26. The maximum Gasteiger partial charge on any atom is 0.273 e. The molecule has 9 heteroatoms. The van der Waals surface area contributed by atoms with E-state index in [9.17, 15) is 13.6 Å². The Hall–Kier alpha value is -2.84. The average molecular weight is 408 g/mol. The standard InChI is InChI=1S/C19H16ClF2N3O3/c1-11-4-17(28-10-12-2-3-13(21)5-16(12)22)18(20)19(27)25(11)8-14-6-24-15(9-26)7-23-14/h2-7,26H,8-10H2,1H3. The van der Waals surface area contributed by atoms with Crippen LogP contribution in [0.1, 0.15) is 22.6 Å². The number of aliphatic hydroxyl groups is 1. The van der Waals surface area contributed by atoms with E-state index in [1.165, 1.54) is 23.0 Å². The summed E-state index contributed by atoms with van der Waals surface area (Å²) in [5.41, 5.74) is 1.13. The molecular formula is C19H16ClF2N3O3. The predicted molar refractivity (Wildman–Crippen MR) is 98.2 cm³/mol. The second-order valence-corrected chi connectivity index (χ2v) is 6.41. The fraction of sp³-hybridized carbons (Fsp3) is 0.211. The number of halogens is 3. The van der Waals surface area contributed by atoms with E-state index in [4.69, 9.17) is 21.4 Å². The van der Waals surface area contributed by atoms with Crippen LogP contribution >= 0.6 is 11.6 Å². The van der Waals surface area contributed by atoms with Gasteiger partial charge in [-0.2, -0.15) is 0 Å². The molecule has 0 saturated carbocycles. The van der Waals surface area contributed by atoms with Crippen molar-refractivity contribution in [2.24, 2.45) is 0 Å². The van der Waals surface area contributed by atoms with Crippen molar-refractivity contribution in [2.45, 2.75) is 26.7 Å². The number of aryl methyl sites for hydroxylation is 1. The van der Waals surface area contributed by atoms with Crippen molar-refractivity contribution in [1.29, 1.82) is 0 Å². The lowest BCUT2D eigenvalue weighted by Crippen LogP contribution is -2.24. The first-order chi connectivity index (χ1) is 13.4.